The molecule has 0 radical (unpaired) electrons. The van der Waals surface area contributed by atoms with Gasteiger partial charge in [-0.1, -0.05) is 17.8 Å². The number of hydrogen-bond donors (Lipinski definition) is 2. The van der Waals surface area contributed by atoms with Crippen LogP contribution in [0.4, 0.5) is 11.4 Å². The summed E-state index contributed by atoms with van der Waals surface area (Å²) in [6, 6.07) is 10.3. The van der Waals surface area contributed by atoms with E-state index in [1.54, 1.807) is 37.4 Å². The second-order valence-corrected chi connectivity index (χ2v) is 10.8. The number of aryl methyl sites for hydroxylation is 1. The SMILES string of the molecule is COc1ccc(NC(=O)c2ccc(C)c(NC3=N[C@H]4CS(=O)(=O)C[C@H]4S3)c2)c(OC)c1. The molecule has 2 aromatic carbocycles. The van der Waals surface area contributed by atoms with E-state index in [1.807, 2.05) is 13.0 Å². The average Bonchev–Trinajstić information content (AvgIpc) is 3.22. The van der Waals surface area contributed by atoms with Gasteiger partial charge in [0.2, 0.25) is 0 Å². The van der Waals surface area contributed by atoms with Crippen LogP contribution in [0, 0.1) is 6.92 Å². The van der Waals surface area contributed by atoms with Crippen LogP contribution in [0.15, 0.2) is 41.4 Å². The number of anilines is 2. The molecule has 0 aliphatic carbocycles. The van der Waals surface area contributed by atoms with Crippen molar-refractivity contribution in [1.82, 2.24) is 0 Å². The second-order valence-electron chi connectivity index (χ2n) is 7.41. The molecule has 1 fully saturated rings. The van der Waals surface area contributed by atoms with Crippen molar-refractivity contribution in [2.45, 2.75) is 18.2 Å². The Hall–Kier alpha value is -2.72. The van der Waals surface area contributed by atoms with Gasteiger partial charge < -0.3 is 20.1 Å². The molecule has 1 amide bonds. The summed E-state index contributed by atoms with van der Waals surface area (Å²) in [6.07, 6.45) is 0. The van der Waals surface area contributed by atoms with Gasteiger partial charge >= 0.3 is 0 Å². The first-order valence-electron chi connectivity index (χ1n) is 9.64. The molecule has 2 atom stereocenters. The Balaban J connectivity index is 1.50. The van der Waals surface area contributed by atoms with Gasteiger partial charge in [-0.3, -0.25) is 9.79 Å². The maximum atomic E-state index is 12.8. The van der Waals surface area contributed by atoms with Crippen molar-refractivity contribution in [3.05, 3.63) is 47.5 Å². The van der Waals surface area contributed by atoms with Gasteiger partial charge in [-0.25, -0.2) is 8.42 Å². The Morgan fingerprint density at radius 2 is 1.90 bits per heavy atom. The number of aliphatic imine (C=N–C) groups is 1. The maximum Gasteiger partial charge on any atom is 0.255 e. The zero-order chi connectivity index (χ0) is 22.2. The number of amides is 1. The number of ether oxygens (including phenoxy) is 2. The molecule has 2 aliphatic rings. The summed E-state index contributed by atoms with van der Waals surface area (Å²) in [5, 5.41) is 6.76. The van der Waals surface area contributed by atoms with E-state index < -0.39 is 9.84 Å². The lowest BCUT2D eigenvalue weighted by Gasteiger charge is -2.14. The first-order valence-corrected chi connectivity index (χ1v) is 12.3. The van der Waals surface area contributed by atoms with E-state index in [-0.39, 0.29) is 28.7 Å². The van der Waals surface area contributed by atoms with Gasteiger partial charge in [0.25, 0.3) is 5.91 Å². The maximum absolute atomic E-state index is 12.8. The molecule has 8 nitrogen and oxygen atoms in total. The van der Waals surface area contributed by atoms with E-state index >= 15 is 0 Å². The molecular formula is C21H23N3O5S2. The van der Waals surface area contributed by atoms with Crippen LogP contribution in [0.5, 0.6) is 11.5 Å². The number of thioether (sulfide) groups is 1. The van der Waals surface area contributed by atoms with Crippen LogP contribution in [0.2, 0.25) is 0 Å². The second kappa shape index (κ2) is 8.43. The van der Waals surface area contributed by atoms with Crippen LogP contribution in [-0.4, -0.2) is 56.5 Å². The van der Waals surface area contributed by atoms with Crippen molar-refractivity contribution >= 4 is 44.0 Å². The number of benzene rings is 2. The van der Waals surface area contributed by atoms with Crippen LogP contribution in [-0.2, 0) is 9.84 Å². The molecule has 0 spiro atoms. The average molecular weight is 462 g/mol. The number of nitrogens with zero attached hydrogens (tertiary/aromatic N) is 1. The highest BCUT2D eigenvalue weighted by Gasteiger charge is 2.42. The minimum Gasteiger partial charge on any atom is -0.497 e. The van der Waals surface area contributed by atoms with Gasteiger partial charge in [-0.05, 0) is 36.8 Å². The minimum atomic E-state index is -2.99. The van der Waals surface area contributed by atoms with Crippen molar-refractivity contribution in [2.24, 2.45) is 4.99 Å². The minimum absolute atomic E-state index is 0.0400. The first kappa shape index (κ1) is 21.5. The van der Waals surface area contributed by atoms with E-state index in [4.69, 9.17) is 9.47 Å². The fourth-order valence-corrected chi connectivity index (χ4v) is 7.19. The zero-order valence-corrected chi connectivity index (χ0v) is 19.0. The summed E-state index contributed by atoms with van der Waals surface area (Å²) in [4.78, 5) is 17.4. The normalized spacial score (nSPS) is 21.2. The smallest absolute Gasteiger partial charge is 0.255 e. The molecule has 0 unspecified atom stereocenters. The van der Waals surface area contributed by atoms with Gasteiger partial charge in [0.1, 0.15) is 11.5 Å². The van der Waals surface area contributed by atoms with Gasteiger partial charge in [-0.2, -0.15) is 0 Å². The number of carbonyl (C=O) groups excluding carboxylic acids is 1. The molecule has 0 saturated carbocycles. The Bertz CT molecular complexity index is 1160. The van der Waals surface area contributed by atoms with Crippen LogP contribution in [0.25, 0.3) is 0 Å². The third-order valence-corrected chi connectivity index (χ3v) is 8.36. The highest BCUT2D eigenvalue weighted by atomic mass is 32.2. The van der Waals surface area contributed by atoms with E-state index in [2.05, 4.69) is 15.6 Å². The molecule has 10 heteroatoms. The van der Waals surface area contributed by atoms with Gasteiger partial charge in [-0.15, -0.1) is 0 Å². The van der Waals surface area contributed by atoms with Crippen LogP contribution >= 0.6 is 11.8 Å². The van der Waals surface area contributed by atoms with E-state index in [0.29, 0.717) is 27.9 Å². The number of methoxy groups -OCH3 is 2. The third kappa shape index (κ3) is 4.64. The van der Waals surface area contributed by atoms with Crippen molar-refractivity contribution in [3.63, 3.8) is 0 Å². The van der Waals surface area contributed by atoms with Crippen LogP contribution < -0.4 is 20.1 Å². The molecule has 2 aromatic rings. The fraction of sp³-hybridized carbons (Fsp3) is 0.333. The Morgan fingerprint density at radius 1 is 1.10 bits per heavy atom. The predicted molar refractivity (Wildman–Crippen MR) is 124 cm³/mol. The highest BCUT2D eigenvalue weighted by molar-refractivity contribution is 8.15. The number of sulfone groups is 1. The number of amidine groups is 1. The molecule has 0 aromatic heterocycles. The van der Waals surface area contributed by atoms with Crippen molar-refractivity contribution < 1.29 is 22.7 Å². The number of rotatable bonds is 5. The number of nitrogens with one attached hydrogen (secondary N) is 2. The van der Waals surface area contributed by atoms with E-state index in [9.17, 15) is 13.2 Å². The zero-order valence-electron chi connectivity index (χ0n) is 17.3. The van der Waals surface area contributed by atoms with E-state index in [0.717, 1.165) is 11.3 Å². The summed E-state index contributed by atoms with van der Waals surface area (Å²) >= 11 is 1.44. The molecule has 31 heavy (non-hydrogen) atoms. The van der Waals surface area contributed by atoms with Crippen LogP contribution in [0.3, 0.4) is 0 Å². The number of fused-ring (bicyclic) bond motifs is 1. The molecule has 1 saturated heterocycles. The lowest BCUT2D eigenvalue weighted by Crippen LogP contribution is -2.15. The molecule has 2 aliphatic heterocycles. The largest absolute Gasteiger partial charge is 0.497 e. The standard InChI is InChI=1S/C21H23N3O5S2/c1-12-4-5-13(20(25)22-15-7-6-14(28-2)9-18(15)29-3)8-16(12)23-21-24-17-10-31(26,27)11-19(17)30-21/h4-9,17,19H,10-11H2,1-3H3,(H,22,25)(H,23,24)/t17-,19+/m0/s1. The van der Waals surface area contributed by atoms with E-state index in [1.165, 1.54) is 18.9 Å². The summed E-state index contributed by atoms with van der Waals surface area (Å²) in [5.41, 5.74) is 2.71. The van der Waals surface area contributed by atoms with Gasteiger partial charge in [0, 0.05) is 22.6 Å². The van der Waals surface area contributed by atoms with Gasteiger partial charge in [0.15, 0.2) is 15.0 Å². The van der Waals surface area contributed by atoms with Crippen molar-refractivity contribution in [3.8, 4) is 11.5 Å². The number of carbonyl (C=O) groups is 1. The Labute approximate surface area is 185 Å². The van der Waals surface area contributed by atoms with Crippen molar-refractivity contribution in [2.75, 3.05) is 36.4 Å². The number of hydrogen-bond acceptors (Lipinski definition) is 8. The monoisotopic (exact) mass is 461 g/mol. The fourth-order valence-electron chi connectivity index (χ4n) is 3.53. The quantitative estimate of drug-likeness (QED) is 0.705. The summed E-state index contributed by atoms with van der Waals surface area (Å²) in [6.45, 7) is 1.93. The molecule has 2 N–H and O–H groups in total. The first-order chi connectivity index (χ1) is 14.8. The van der Waals surface area contributed by atoms with Crippen LogP contribution in [0.1, 0.15) is 15.9 Å². The van der Waals surface area contributed by atoms with Gasteiger partial charge in [0.05, 0.1) is 37.5 Å². The lowest BCUT2D eigenvalue weighted by molar-refractivity contribution is 0.102. The topological polar surface area (TPSA) is 106 Å². The third-order valence-electron chi connectivity index (χ3n) is 5.22. The highest BCUT2D eigenvalue weighted by Crippen LogP contribution is 2.35. The molecule has 2 heterocycles. The van der Waals surface area contributed by atoms with Crippen molar-refractivity contribution in [1.29, 1.82) is 0 Å². The summed E-state index contributed by atoms with van der Waals surface area (Å²) in [7, 11) is 0.0944. The molecular weight excluding hydrogens is 438 g/mol. The predicted octanol–water partition coefficient (Wildman–Crippen LogP) is 2.94. The molecule has 4 rings (SSSR count). The Kier molecular flexibility index (Phi) is 5.85. The Morgan fingerprint density at radius 3 is 2.61 bits per heavy atom. The molecule has 164 valence electrons. The molecule has 0 bridgehead atoms. The lowest BCUT2D eigenvalue weighted by atomic mass is 10.1. The summed E-state index contributed by atoms with van der Waals surface area (Å²) in [5.74, 6) is 1.10. The summed E-state index contributed by atoms with van der Waals surface area (Å²) < 4.78 is 34.0.